The molecule has 3 atom stereocenters. The molecule has 0 radical (unpaired) electrons. The number of carbonyl (C=O) groups excluding carboxylic acids is 2. The van der Waals surface area contributed by atoms with Crippen LogP contribution in [-0.2, 0) is 20.8 Å². The maximum absolute atomic E-state index is 12.6. The van der Waals surface area contributed by atoms with Gasteiger partial charge in [0.25, 0.3) is 0 Å². The smallest absolute Gasteiger partial charge is 0.326 e. The zero-order valence-electron chi connectivity index (χ0n) is 14.4. The summed E-state index contributed by atoms with van der Waals surface area (Å²) in [5, 5.41) is 11.8. The predicted octanol–water partition coefficient (Wildman–Crippen LogP) is -0.504. The highest BCUT2D eigenvalue weighted by Crippen LogP contribution is 2.19. The number of aromatic amines is 1. The van der Waals surface area contributed by atoms with Gasteiger partial charge in [0.1, 0.15) is 12.1 Å². The third kappa shape index (κ3) is 4.56. The number of carboxylic acids is 1. The molecule has 25 heavy (non-hydrogen) atoms. The number of nitrogens with two attached hydrogens (primary N) is 1. The third-order valence-corrected chi connectivity index (χ3v) is 4.38. The lowest BCUT2D eigenvalue weighted by Crippen LogP contribution is -2.55. The summed E-state index contributed by atoms with van der Waals surface area (Å²) in [6.07, 6.45) is 4.59. The molecule has 1 saturated heterocycles. The van der Waals surface area contributed by atoms with Crippen molar-refractivity contribution < 1.29 is 19.5 Å². The molecule has 1 aromatic heterocycles. The number of imidazole rings is 1. The minimum absolute atomic E-state index is 0.255. The molecular formula is C16H25N5O4. The van der Waals surface area contributed by atoms with Crippen molar-refractivity contribution in [3.8, 4) is 0 Å². The topological polar surface area (TPSA) is 141 Å². The van der Waals surface area contributed by atoms with E-state index in [0.29, 0.717) is 25.8 Å². The fraction of sp³-hybridized carbons (Fsp3) is 0.625. The van der Waals surface area contributed by atoms with Crippen LogP contribution in [0.3, 0.4) is 0 Å². The molecule has 0 bridgehead atoms. The maximum Gasteiger partial charge on any atom is 0.326 e. The van der Waals surface area contributed by atoms with E-state index in [1.165, 1.54) is 11.2 Å². The lowest BCUT2D eigenvalue weighted by atomic mass is 10.0. The summed E-state index contributed by atoms with van der Waals surface area (Å²) < 4.78 is 0. The van der Waals surface area contributed by atoms with E-state index >= 15 is 0 Å². The van der Waals surface area contributed by atoms with E-state index in [1.54, 1.807) is 20.0 Å². The van der Waals surface area contributed by atoms with Crippen molar-refractivity contribution in [1.82, 2.24) is 20.2 Å². The second-order valence-electron chi connectivity index (χ2n) is 6.65. The zero-order valence-corrected chi connectivity index (χ0v) is 14.4. The Morgan fingerprint density at radius 1 is 1.48 bits per heavy atom. The molecule has 1 aromatic rings. The molecule has 0 aromatic carbocycles. The van der Waals surface area contributed by atoms with Crippen molar-refractivity contribution in [3.05, 3.63) is 18.2 Å². The second kappa shape index (κ2) is 8.11. The van der Waals surface area contributed by atoms with Gasteiger partial charge in [-0.05, 0) is 18.8 Å². The molecule has 2 heterocycles. The Labute approximate surface area is 146 Å². The van der Waals surface area contributed by atoms with Gasteiger partial charge in [0.15, 0.2) is 0 Å². The normalized spacial score (nSPS) is 19.7. The summed E-state index contributed by atoms with van der Waals surface area (Å²) in [5.74, 6) is -2.10. The van der Waals surface area contributed by atoms with Crippen LogP contribution in [0.5, 0.6) is 0 Å². The van der Waals surface area contributed by atoms with E-state index in [0.717, 1.165) is 5.69 Å². The van der Waals surface area contributed by atoms with Gasteiger partial charge in [0.2, 0.25) is 11.8 Å². The highest BCUT2D eigenvalue weighted by molar-refractivity contribution is 5.92. The number of aliphatic carboxylic acids is 1. The van der Waals surface area contributed by atoms with E-state index in [2.05, 4.69) is 15.3 Å². The standard InChI is InChI=1S/C16H25N5O4/c1-9(2)13(16(24)25)20-14(22)12-4-3-5-21(12)15(23)11(17)6-10-7-18-8-19-10/h7-9,11-13H,3-6,17H2,1-2H3,(H,18,19)(H,20,22)(H,24,25)/t11-,12-,13-/m0/s1. The number of hydrogen-bond donors (Lipinski definition) is 4. The zero-order chi connectivity index (χ0) is 18.6. The van der Waals surface area contributed by atoms with Crippen LogP contribution in [0.2, 0.25) is 0 Å². The van der Waals surface area contributed by atoms with Crippen molar-refractivity contribution in [1.29, 1.82) is 0 Å². The van der Waals surface area contributed by atoms with Crippen LogP contribution in [-0.4, -0.2) is 62.4 Å². The summed E-state index contributed by atoms with van der Waals surface area (Å²) in [6, 6.07) is -2.45. The molecule has 1 fully saturated rings. The molecule has 9 heteroatoms. The summed E-state index contributed by atoms with van der Waals surface area (Å²) in [7, 11) is 0. The summed E-state index contributed by atoms with van der Waals surface area (Å²) in [5.41, 5.74) is 6.73. The molecule has 0 aliphatic carbocycles. The monoisotopic (exact) mass is 351 g/mol. The summed E-state index contributed by atoms with van der Waals surface area (Å²) in [6.45, 7) is 3.88. The van der Waals surface area contributed by atoms with Gasteiger partial charge >= 0.3 is 5.97 Å². The van der Waals surface area contributed by atoms with Crippen molar-refractivity contribution in [2.24, 2.45) is 11.7 Å². The molecule has 0 saturated carbocycles. The molecule has 5 N–H and O–H groups in total. The van der Waals surface area contributed by atoms with Gasteiger partial charge < -0.3 is 26.0 Å². The van der Waals surface area contributed by atoms with Crippen LogP contribution in [0.15, 0.2) is 12.5 Å². The van der Waals surface area contributed by atoms with Crippen molar-refractivity contribution in [2.75, 3.05) is 6.54 Å². The average molecular weight is 351 g/mol. The van der Waals surface area contributed by atoms with Crippen LogP contribution in [0.25, 0.3) is 0 Å². The van der Waals surface area contributed by atoms with Gasteiger partial charge in [0.05, 0.1) is 12.4 Å². The lowest BCUT2D eigenvalue weighted by Gasteiger charge is -2.28. The number of carbonyl (C=O) groups is 3. The van der Waals surface area contributed by atoms with E-state index in [4.69, 9.17) is 5.73 Å². The van der Waals surface area contributed by atoms with E-state index in [-0.39, 0.29) is 11.8 Å². The first-order chi connectivity index (χ1) is 11.8. The van der Waals surface area contributed by atoms with Crippen LogP contribution in [0.1, 0.15) is 32.4 Å². The molecule has 1 aliphatic heterocycles. The van der Waals surface area contributed by atoms with Gasteiger partial charge in [-0.25, -0.2) is 9.78 Å². The Morgan fingerprint density at radius 2 is 2.20 bits per heavy atom. The van der Waals surface area contributed by atoms with Gasteiger partial charge in [-0.3, -0.25) is 9.59 Å². The highest BCUT2D eigenvalue weighted by atomic mass is 16.4. The Morgan fingerprint density at radius 3 is 2.76 bits per heavy atom. The maximum atomic E-state index is 12.6. The molecule has 0 unspecified atom stereocenters. The first-order valence-electron chi connectivity index (χ1n) is 8.37. The fourth-order valence-electron chi connectivity index (χ4n) is 3.00. The highest BCUT2D eigenvalue weighted by Gasteiger charge is 2.38. The predicted molar refractivity (Wildman–Crippen MR) is 89.4 cm³/mol. The molecular weight excluding hydrogens is 326 g/mol. The minimum Gasteiger partial charge on any atom is -0.480 e. The molecule has 2 amide bonds. The third-order valence-electron chi connectivity index (χ3n) is 4.38. The van der Waals surface area contributed by atoms with E-state index < -0.39 is 30.0 Å². The number of aromatic nitrogens is 2. The van der Waals surface area contributed by atoms with Crippen LogP contribution >= 0.6 is 0 Å². The fourth-order valence-corrected chi connectivity index (χ4v) is 3.00. The molecule has 1 aliphatic rings. The largest absolute Gasteiger partial charge is 0.480 e. The molecule has 0 spiro atoms. The quantitative estimate of drug-likeness (QED) is 0.521. The Kier molecular flexibility index (Phi) is 6.13. The van der Waals surface area contributed by atoms with Crippen molar-refractivity contribution in [3.63, 3.8) is 0 Å². The molecule has 2 rings (SSSR count). The number of hydrogen-bond acceptors (Lipinski definition) is 5. The molecule has 9 nitrogen and oxygen atoms in total. The number of likely N-dealkylation sites (tertiary alicyclic amines) is 1. The molecule has 138 valence electrons. The number of nitrogens with one attached hydrogen (secondary N) is 2. The lowest BCUT2D eigenvalue weighted by molar-refractivity contribution is -0.145. The Balaban J connectivity index is 2.01. The number of carboxylic acid groups (broad SMARTS) is 1. The summed E-state index contributed by atoms with van der Waals surface area (Å²) in [4.78, 5) is 44.6. The second-order valence-corrected chi connectivity index (χ2v) is 6.65. The van der Waals surface area contributed by atoms with Gasteiger partial charge in [-0.1, -0.05) is 13.8 Å². The van der Waals surface area contributed by atoms with Gasteiger partial charge in [0, 0.05) is 24.9 Å². The van der Waals surface area contributed by atoms with E-state index in [1.807, 2.05) is 0 Å². The minimum atomic E-state index is -1.09. The van der Waals surface area contributed by atoms with Crippen molar-refractivity contribution in [2.45, 2.75) is 51.2 Å². The van der Waals surface area contributed by atoms with Crippen LogP contribution < -0.4 is 11.1 Å². The Bertz CT molecular complexity index is 616. The first-order valence-corrected chi connectivity index (χ1v) is 8.37. The number of rotatable bonds is 7. The number of H-pyrrole nitrogens is 1. The number of nitrogens with zero attached hydrogens (tertiary/aromatic N) is 2. The van der Waals surface area contributed by atoms with Gasteiger partial charge in [-0.2, -0.15) is 0 Å². The summed E-state index contributed by atoms with van der Waals surface area (Å²) >= 11 is 0. The Hall–Kier alpha value is -2.42. The van der Waals surface area contributed by atoms with E-state index in [9.17, 15) is 19.5 Å². The first kappa shape index (κ1) is 18.9. The van der Waals surface area contributed by atoms with Crippen LogP contribution in [0.4, 0.5) is 0 Å². The number of amides is 2. The average Bonchev–Trinajstić information content (AvgIpc) is 3.22. The SMILES string of the molecule is CC(C)[C@H](NC(=O)[C@@H]1CCCN1C(=O)[C@@H](N)Cc1cnc[nH]1)C(=O)O. The van der Waals surface area contributed by atoms with Crippen molar-refractivity contribution >= 4 is 17.8 Å². The van der Waals surface area contributed by atoms with Crippen LogP contribution in [0, 0.1) is 5.92 Å². The van der Waals surface area contributed by atoms with Gasteiger partial charge in [-0.15, -0.1) is 0 Å².